The van der Waals surface area contributed by atoms with Crippen LogP contribution in [0.5, 0.6) is 0 Å². The number of aryl methyl sites for hydroxylation is 1. The second-order valence-corrected chi connectivity index (χ2v) is 8.02. The predicted molar refractivity (Wildman–Crippen MR) is 130 cm³/mol. The van der Waals surface area contributed by atoms with Gasteiger partial charge in [0, 0.05) is 47.3 Å². The van der Waals surface area contributed by atoms with Crippen molar-refractivity contribution < 1.29 is 14.3 Å². The fourth-order valence-corrected chi connectivity index (χ4v) is 4.08. The van der Waals surface area contributed by atoms with Gasteiger partial charge in [-0.2, -0.15) is 5.10 Å². The molecule has 1 atom stereocenters. The number of ether oxygens (including phenoxy) is 1. The molecular weight excluding hydrogens is 430 g/mol. The van der Waals surface area contributed by atoms with Gasteiger partial charge in [-0.15, -0.1) is 0 Å². The zero-order valence-electron chi connectivity index (χ0n) is 19.5. The van der Waals surface area contributed by atoms with Crippen LogP contribution in [-0.4, -0.2) is 50.7 Å². The number of hydrogen-bond acceptors (Lipinski definition) is 6. The molecule has 0 fully saturated rings. The molecule has 2 N–H and O–H groups in total. The lowest BCUT2D eigenvalue weighted by Crippen LogP contribution is -2.42. The van der Waals surface area contributed by atoms with Gasteiger partial charge >= 0.3 is 5.97 Å². The van der Waals surface area contributed by atoms with E-state index in [1.54, 1.807) is 19.3 Å². The molecule has 0 radical (unpaired) electrons. The molecule has 0 amide bonds. The van der Waals surface area contributed by atoms with Crippen LogP contribution < -0.4 is 5.32 Å². The summed E-state index contributed by atoms with van der Waals surface area (Å²) in [6, 6.07) is 13.2. The molecule has 4 aromatic rings. The van der Waals surface area contributed by atoms with Gasteiger partial charge in [-0.1, -0.05) is 18.2 Å². The van der Waals surface area contributed by atoms with Crippen LogP contribution >= 0.6 is 0 Å². The summed E-state index contributed by atoms with van der Waals surface area (Å²) in [5.74, 6) is -0.386. The van der Waals surface area contributed by atoms with E-state index in [2.05, 4.69) is 20.4 Å². The number of nitrogens with zero attached hydrogens (tertiary/aromatic N) is 3. The lowest BCUT2D eigenvalue weighted by Gasteiger charge is -2.17. The molecule has 8 heteroatoms. The van der Waals surface area contributed by atoms with Crippen LogP contribution in [0.4, 0.5) is 0 Å². The first-order chi connectivity index (χ1) is 16.6. The number of carbonyl (C=O) groups excluding carboxylic acids is 2. The third kappa shape index (κ3) is 5.40. The number of nitrogens with one attached hydrogen (secondary N) is 2. The summed E-state index contributed by atoms with van der Waals surface area (Å²) in [7, 11) is 0. The number of H-pyrrole nitrogens is 1. The Bertz CT molecular complexity index is 1260. The Balaban J connectivity index is 1.56. The van der Waals surface area contributed by atoms with Crippen LogP contribution in [0.25, 0.3) is 22.2 Å². The third-order valence-electron chi connectivity index (χ3n) is 5.78. The van der Waals surface area contributed by atoms with Crippen molar-refractivity contribution in [2.75, 3.05) is 13.2 Å². The van der Waals surface area contributed by atoms with Crippen molar-refractivity contribution in [2.24, 2.45) is 0 Å². The molecule has 0 saturated carbocycles. The van der Waals surface area contributed by atoms with Crippen molar-refractivity contribution in [3.05, 3.63) is 72.3 Å². The summed E-state index contributed by atoms with van der Waals surface area (Å²) < 4.78 is 6.90. The minimum atomic E-state index is -0.548. The summed E-state index contributed by atoms with van der Waals surface area (Å²) in [4.78, 5) is 32.8. The second kappa shape index (κ2) is 10.9. The molecule has 0 bridgehead atoms. The molecule has 8 nitrogen and oxygen atoms in total. The quantitative estimate of drug-likeness (QED) is 0.334. The standard InChI is InChI=1S/C26H29N5O3/c1-3-31-20(14-23(30-31)18-9-11-27-12-10-18)15-25(32)24(29-17-26(33)34-4-2)13-19-16-28-22-8-6-5-7-21(19)22/h5-12,14,16,24,28-29H,3-4,13,15,17H2,1-2H3/t24-/m0/s1. The summed E-state index contributed by atoms with van der Waals surface area (Å²) in [5.41, 5.74) is 4.62. The van der Waals surface area contributed by atoms with Crippen molar-refractivity contribution in [2.45, 2.75) is 39.3 Å². The molecule has 0 saturated heterocycles. The number of rotatable bonds is 11. The molecular formula is C26H29N5O3. The van der Waals surface area contributed by atoms with Gasteiger partial charge in [0.05, 0.1) is 31.3 Å². The van der Waals surface area contributed by atoms with Crippen LogP contribution in [0.2, 0.25) is 0 Å². The Morgan fingerprint density at radius 1 is 1.15 bits per heavy atom. The van der Waals surface area contributed by atoms with E-state index in [1.165, 1.54) is 0 Å². The van der Waals surface area contributed by atoms with Crippen LogP contribution in [0.15, 0.2) is 61.1 Å². The smallest absolute Gasteiger partial charge is 0.319 e. The highest BCUT2D eigenvalue weighted by molar-refractivity contribution is 5.89. The number of benzene rings is 1. The predicted octanol–water partition coefficient (Wildman–Crippen LogP) is 3.32. The van der Waals surface area contributed by atoms with E-state index in [1.807, 2.05) is 60.3 Å². The van der Waals surface area contributed by atoms with E-state index in [4.69, 9.17) is 4.74 Å². The zero-order valence-corrected chi connectivity index (χ0v) is 19.5. The lowest BCUT2D eigenvalue weighted by atomic mass is 9.98. The van der Waals surface area contributed by atoms with E-state index >= 15 is 0 Å². The monoisotopic (exact) mass is 459 g/mol. The molecule has 176 valence electrons. The minimum Gasteiger partial charge on any atom is -0.465 e. The first kappa shape index (κ1) is 23.4. The topological polar surface area (TPSA) is 102 Å². The number of aromatic nitrogens is 4. The van der Waals surface area contributed by atoms with Gasteiger partial charge < -0.3 is 9.72 Å². The van der Waals surface area contributed by atoms with E-state index < -0.39 is 6.04 Å². The largest absolute Gasteiger partial charge is 0.465 e. The van der Waals surface area contributed by atoms with Gasteiger partial charge in [0.25, 0.3) is 0 Å². The average molecular weight is 460 g/mol. The maximum atomic E-state index is 13.5. The normalized spacial score (nSPS) is 12.1. The number of ketones is 1. The Hall–Kier alpha value is -3.78. The Kier molecular flexibility index (Phi) is 7.49. The van der Waals surface area contributed by atoms with Crippen molar-refractivity contribution in [3.8, 4) is 11.3 Å². The number of para-hydroxylation sites is 1. The van der Waals surface area contributed by atoms with Crippen molar-refractivity contribution >= 4 is 22.7 Å². The highest BCUT2D eigenvalue weighted by Gasteiger charge is 2.23. The van der Waals surface area contributed by atoms with Crippen LogP contribution in [0.3, 0.4) is 0 Å². The number of esters is 1. The average Bonchev–Trinajstić information content (AvgIpc) is 3.46. The van der Waals surface area contributed by atoms with Crippen LogP contribution in [0.1, 0.15) is 25.1 Å². The van der Waals surface area contributed by atoms with E-state index in [0.29, 0.717) is 19.6 Å². The Morgan fingerprint density at radius 3 is 2.71 bits per heavy atom. The number of Topliss-reactive ketones (excluding diaryl/α,β-unsaturated/α-hetero) is 1. The molecule has 0 spiro atoms. The molecule has 0 aliphatic carbocycles. The maximum absolute atomic E-state index is 13.5. The molecule has 0 aliphatic rings. The summed E-state index contributed by atoms with van der Waals surface area (Å²) in [6.45, 7) is 4.69. The SMILES string of the molecule is CCOC(=O)CN[C@@H](Cc1c[nH]c2ccccc12)C(=O)Cc1cc(-c2ccncc2)nn1CC. The van der Waals surface area contributed by atoms with Gasteiger partial charge in [0.15, 0.2) is 5.78 Å². The van der Waals surface area contributed by atoms with Gasteiger partial charge in [-0.3, -0.25) is 24.6 Å². The number of aromatic amines is 1. The molecule has 34 heavy (non-hydrogen) atoms. The first-order valence-corrected chi connectivity index (χ1v) is 11.5. The second-order valence-electron chi connectivity index (χ2n) is 8.02. The highest BCUT2D eigenvalue weighted by Crippen LogP contribution is 2.21. The molecule has 3 aromatic heterocycles. The summed E-state index contributed by atoms with van der Waals surface area (Å²) in [5, 5.41) is 8.86. The minimum absolute atomic E-state index is 0.00884. The van der Waals surface area contributed by atoms with E-state index in [0.717, 1.165) is 33.4 Å². The van der Waals surface area contributed by atoms with Crippen LogP contribution in [0, 0.1) is 0 Å². The fraction of sp³-hybridized carbons (Fsp3) is 0.308. The van der Waals surface area contributed by atoms with Gasteiger partial charge in [0.1, 0.15) is 0 Å². The molecule has 1 aromatic carbocycles. The van der Waals surface area contributed by atoms with Gasteiger partial charge in [-0.25, -0.2) is 0 Å². The summed E-state index contributed by atoms with van der Waals surface area (Å²) in [6.07, 6.45) is 6.03. The van der Waals surface area contributed by atoms with Crippen LogP contribution in [-0.2, 0) is 33.7 Å². The van der Waals surface area contributed by atoms with Gasteiger partial charge in [0.2, 0.25) is 0 Å². The van der Waals surface area contributed by atoms with E-state index in [-0.39, 0.29) is 24.7 Å². The number of fused-ring (bicyclic) bond motifs is 1. The number of pyridine rings is 1. The maximum Gasteiger partial charge on any atom is 0.319 e. The number of hydrogen-bond donors (Lipinski definition) is 2. The van der Waals surface area contributed by atoms with Crippen molar-refractivity contribution in [1.29, 1.82) is 0 Å². The van der Waals surface area contributed by atoms with Gasteiger partial charge in [-0.05, 0) is 50.1 Å². The van der Waals surface area contributed by atoms with Crippen molar-refractivity contribution in [3.63, 3.8) is 0 Å². The zero-order chi connectivity index (χ0) is 23.9. The fourth-order valence-electron chi connectivity index (χ4n) is 4.08. The van der Waals surface area contributed by atoms with E-state index in [9.17, 15) is 9.59 Å². The highest BCUT2D eigenvalue weighted by atomic mass is 16.5. The number of carbonyl (C=O) groups is 2. The molecule has 0 aliphatic heterocycles. The Labute approximate surface area is 198 Å². The van der Waals surface area contributed by atoms with Crippen molar-refractivity contribution in [1.82, 2.24) is 25.1 Å². The lowest BCUT2D eigenvalue weighted by molar-refractivity contribution is -0.142. The third-order valence-corrected chi connectivity index (χ3v) is 5.78. The molecule has 4 rings (SSSR count). The molecule has 0 unspecified atom stereocenters. The first-order valence-electron chi connectivity index (χ1n) is 11.5. The molecule has 3 heterocycles. The summed E-state index contributed by atoms with van der Waals surface area (Å²) >= 11 is 0. The Morgan fingerprint density at radius 2 is 1.94 bits per heavy atom.